The number of fused-ring (bicyclic) bond motifs is 1. The van der Waals surface area contributed by atoms with Crippen molar-refractivity contribution in [1.82, 2.24) is 14.6 Å². The molecule has 0 unspecified atom stereocenters. The Kier molecular flexibility index (Phi) is 2.07. The van der Waals surface area contributed by atoms with Crippen molar-refractivity contribution in [2.45, 2.75) is 31.8 Å². The van der Waals surface area contributed by atoms with E-state index in [0.717, 1.165) is 30.0 Å². The van der Waals surface area contributed by atoms with Gasteiger partial charge in [-0.2, -0.15) is 9.61 Å². The van der Waals surface area contributed by atoms with Gasteiger partial charge in [-0.05, 0) is 19.8 Å². The summed E-state index contributed by atoms with van der Waals surface area (Å²) < 4.78 is 1.83. The predicted molar refractivity (Wildman–Crippen MR) is 62.3 cm³/mol. The summed E-state index contributed by atoms with van der Waals surface area (Å²) in [6.07, 6.45) is 3.83. The summed E-state index contributed by atoms with van der Waals surface area (Å²) in [7, 11) is 0. The van der Waals surface area contributed by atoms with Gasteiger partial charge in [-0.25, -0.2) is 4.98 Å². The lowest BCUT2D eigenvalue weighted by Gasteiger charge is -2.33. The molecule has 0 saturated heterocycles. The number of nitrogens with zero attached hydrogens (tertiary/aromatic N) is 3. The number of rotatable bonds is 2. The molecule has 16 heavy (non-hydrogen) atoms. The Morgan fingerprint density at radius 1 is 1.50 bits per heavy atom. The Labute approximate surface area is 93.7 Å². The maximum absolute atomic E-state index is 5.77. The minimum atomic E-state index is 0.355. The molecule has 1 aliphatic rings. The molecule has 0 amide bonds. The molecule has 84 valence electrons. The van der Waals surface area contributed by atoms with Crippen molar-refractivity contribution in [2.75, 3.05) is 5.32 Å². The zero-order valence-corrected chi connectivity index (χ0v) is 9.22. The van der Waals surface area contributed by atoms with E-state index < -0.39 is 0 Å². The first-order valence-corrected chi connectivity index (χ1v) is 5.56. The van der Waals surface area contributed by atoms with Crippen LogP contribution in [0.25, 0.3) is 5.65 Å². The molecule has 1 fully saturated rings. The fourth-order valence-corrected chi connectivity index (χ4v) is 2.13. The van der Waals surface area contributed by atoms with Gasteiger partial charge in [-0.3, -0.25) is 0 Å². The normalized spacial score (nSPS) is 24.4. The molecule has 0 bridgehead atoms. The lowest BCUT2D eigenvalue weighted by Crippen LogP contribution is -2.44. The summed E-state index contributed by atoms with van der Waals surface area (Å²) in [5, 5.41) is 7.71. The minimum Gasteiger partial charge on any atom is -0.367 e. The molecule has 0 aromatic carbocycles. The van der Waals surface area contributed by atoms with E-state index in [9.17, 15) is 0 Å². The third-order valence-corrected chi connectivity index (χ3v) is 3.01. The van der Waals surface area contributed by atoms with E-state index in [-0.39, 0.29) is 0 Å². The lowest BCUT2D eigenvalue weighted by atomic mass is 9.88. The van der Waals surface area contributed by atoms with Crippen LogP contribution in [0.1, 0.15) is 18.5 Å². The molecule has 5 nitrogen and oxygen atoms in total. The Balaban J connectivity index is 1.92. The first kappa shape index (κ1) is 9.59. The van der Waals surface area contributed by atoms with Gasteiger partial charge in [0.25, 0.3) is 0 Å². The van der Waals surface area contributed by atoms with Crippen molar-refractivity contribution in [3.05, 3.63) is 24.0 Å². The SMILES string of the molecule is Cc1cc(N[C@H]2C[C@H](N)C2)n2nccc2n1. The quantitative estimate of drug-likeness (QED) is 0.785. The Morgan fingerprint density at radius 3 is 3.06 bits per heavy atom. The molecule has 1 aliphatic carbocycles. The zero-order chi connectivity index (χ0) is 11.1. The number of hydrogen-bond donors (Lipinski definition) is 2. The zero-order valence-electron chi connectivity index (χ0n) is 9.22. The maximum Gasteiger partial charge on any atom is 0.157 e. The highest BCUT2D eigenvalue weighted by Crippen LogP contribution is 2.23. The van der Waals surface area contributed by atoms with Crippen LogP contribution in [0, 0.1) is 6.92 Å². The van der Waals surface area contributed by atoms with Crippen LogP contribution in [0.3, 0.4) is 0 Å². The van der Waals surface area contributed by atoms with Crippen molar-refractivity contribution in [2.24, 2.45) is 5.73 Å². The number of nitrogens with two attached hydrogens (primary N) is 1. The highest BCUT2D eigenvalue weighted by atomic mass is 15.3. The van der Waals surface area contributed by atoms with Gasteiger partial charge in [-0.1, -0.05) is 0 Å². The van der Waals surface area contributed by atoms with Crippen LogP contribution in [0.5, 0.6) is 0 Å². The Bertz CT molecular complexity index is 512. The number of anilines is 1. The second-order valence-corrected chi connectivity index (χ2v) is 4.46. The average Bonchev–Trinajstić information content (AvgIpc) is 2.62. The molecule has 2 heterocycles. The van der Waals surface area contributed by atoms with Crippen LogP contribution in [0.4, 0.5) is 5.82 Å². The number of aryl methyl sites for hydroxylation is 1. The summed E-state index contributed by atoms with van der Waals surface area (Å²) in [5.41, 5.74) is 7.65. The number of aromatic nitrogens is 3. The molecule has 0 aliphatic heterocycles. The van der Waals surface area contributed by atoms with E-state index in [4.69, 9.17) is 5.73 Å². The van der Waals surface area contributed by atoms with E-state index in [2.05, 4.69) is 15.4 Å². The summed E-state index contributed by atoms with van der Waals surface area (Å²) in [4.78, 5) is 4.40. The average molecular weight is 217 g/mol. The molecule has 2 aromatic rings. The van der Waals surface area contributed by atoms with E-state index in [1.807, 2.05) is 23.6 Å². The molecule has 0 spiro atoms. The van der Waals surface area contributed by atoms with Crippen molar-refractivity contribution in [3.63, 3.8) is 0 Å². The van der Waals surface area contributed by atoms with Gasteiger partial charge in [0.2, 0.25) is 0 Å². The first-order chi connectivity index (χ1) is 7.72. The van der Waals surface area contributed by atoms with Crippen molar-refractivity contribution in [3.8, 4) is 0 Å². The molecular weight excluding hydrogens is 202 g/mol. The summed E-state index contributed by atoms with van der Waals surface area (Å²) in [6.45, 7) is 1.99. The molecule has 0 radical (unpaired) electrons. The van der Waals surface area contributed by atoms with Gasteiger partial charge >= 0.3 is 0 Å². The Hall–Kier alpha value is -1.62. The molecular formula is C11H15N5. The van der Waals surface area contributed by atoms with E-state index in [1.165, 1.54) is 0 Å². The lowest BCUT2D eigenvalue weighted by molar-refractivity contribution is 0.372. The number of nitrogens with one attached hydrogen (secondary N) is 1. The van der Waals surface area contributed by atoms with Crippen LogP contribution in [-0.2, 0) is 0 Å². The van der Waals surface area contributed by atoms with E-state index in [1.54, 1.807) is 6.20 Å². The molecule has 1 saturated carbocycles. The summed E-state index contributed by atoms with van der Waals surface area (Å²) in [6, 6.07) is 4.76. The van der Waals surface area contributed by atoms with Gasteiger partial charge in [0.1, 0.15) is 5.82 Å². The molecule has 5 heteroatoms. The summed E-state index contributed by atoms with van der Waals surface area (Å²) in [5.74, 6) is 1.00. The highest BCUT2D eigenvalue weighted by molar-refractivity contribution is 5.49. The fourth-order valence-electron chi connectivity index (χ4n) is 2.13. The first-order valence-electron chi connectivity index (χ1n) is 5.56. The number of hydrogen-bond acceptors (Lipinski definition) is 4. The van der Waals surface area contributed by atoms with Crippen molar-refractivity contribution >= 4 is 11.5 Å². The third-order valence-electron chi connectivity index (χ3n) is 3.01. The van der Waals surface area contributed by atoms with Crippen LogP contribution >= 0.6 is 0 Å². The maximum atomic E-state index is 5.77. The summed E-state index contributed by atoms with van der Waals surface area (Å²) >= 11 is 0. The topological polar surface area (TPSA) is 68.2 Å². The minimum absolute atomic E-state index is 0.355. The highest BCUT2D eigenvalue weighted by Gasteiger charge is 2.26. The van der Waals surface area contributed by atoms with E-state index >= 15 is 0 Å². The monoisotopic (exact) mass is 217 g/mol. The second kappa shape index (κ2) is 3.45. The van der Waals surface area contributed by atoms with Crippen LogP contribution in [-0.4, -0.2) is 26.7 Å². The van der Waals surface area contributed by atoms with Gasteiger partial charge in [0.15, 0.2) is 5.65 Å². The van der Waals surface area contributed by atoms with Crippen LogP contribution < -0.4 is 11.1 Å². The predicted octanol–water partition coefficient (Wildman–Crippen LogP) is 0.939. The van der Waals surface area contributed by atoms with Gasteiger partial charge in [0, 0.05) is 29.9 Å². The second-order valence-electron chi connectivity index (χ2n) is 4.46. The third kappa shape index (κ3) is 1.53. The molecule has 0 atom stereocenters. The van der Waals surface area contributed by atoms with Crippen molar-refractivity contribution < 1.29 is 0 Å². The van der Waals surface area contributed by atoms with Gasteiger partial charge in [0.05, 0.1) is 6.20 Å². The Morgan fingerprint density at radius 2 is 2.31 bits per heavy atom. The van der Waals surface area contributed by atoms with Crippen molar-refractivity contribution in [1.29, 1.82) is 0 Å². The van der Waals surface area contributed by atoms with Crippen LogP contribution in [0.15, 0.2) is 18.3 Å². The van der Waals surface area contributed by atoms with Gasteiger partial charge in [-0.15, -0.1) is 0 Å². The smallest absolute Gasteiger partial charge is 0.157 e. The molecule has 3 rings (SSSR count). The largest absolute Gasteiger partial charge is 0.367 e. The fraction of sp³-hybridized carbons (Fsp3) is 0.455. The van der Waals surface area contributed by atoms with Gasteiger partial charge < -0.3 is 11.1 Å². The van der Waals surface area contributed by atoms with E-state index in [0.29, 0.717) is 12.1 Å². The molecule has 3 N–H and O–H groups in total. The standard InChI is InChI=1S/C11H15N5/c1-7-4-11(15-9-5-8(12)6-9)16-10(14-7)2-3-13-16/h2-4,8-9,15H,5-6,12H2,1H3/t8-,9-. The van der Waals surface area contributed by atoms with Crippen LogP contribution in [0.2, 0.25) is 0 Å². The molecule has 2 aromatic heterocycles.